The largest absolute Gasteiger partial charge is 0.493 e. The molecule has 3 aromatic carbocycles. The highest BCUT2D eigenvalue weighted by Crippen LogP contribution is 2.39. The van der Waals surface area contributed by atoms with Crippen molar-refractivity contribution in [2.75, 3.05) is 28.4 Å². The molecule has 1 aliphatic carbocycles. The number of methoxy groups -OCH3 is 4. The van der Waals surface area contributed by atoms with Crippen molar-refractivity contribution in [1.29, 1.82) is 0 Å². The van der Waals surface area contributed by atoms with Crippen LogP contribution < -0.4 is 28.4 Å². The molecule has 0 spiro atoms. The normalized spacial score (nSPS) is 12.2. The zero-order chi connectivity index (χ0) is 26.4. The van der Waals surface area contributed by atoms with E-state index in [1.165, 1.54) is 24.3 Å². The van der Waals surface area contributed by atoms with Crippen molar-refractivity contribution in [3.05, 3.63) is 87.4 Å². The van der Waals surface area contributed by atoms with Crippen molar-refractivity contribution >= 4 is 17.8 Å². The molecule has 0 heterocycles. The number of non-ortho nitro benzene ring substituents is 1. The fourth-order valence-electron chi connectivity index (χ4n) is 3.54. The Morgan fingerprint density at radius 3 is 1.86 bits per heavy atom. The van der Waals surface area contributed by atoms with E-state index in [1.54, 1.807) is 28.4 Å². The number of hydrogen-bond donors (Lipinski definition) is 0. The van der Waals surface area contributed by atoms with Crippen molar-refractivity contribution in [3.63, 3.8) is 0 Å². The lowest BCUT2D eigenvalue weighted by Crippen LogP contribution is -2.05. The van der Waals surface area contributed by atoms with E-state index in [0.29, 0.717) is 40.4 Å². The molecule has 0 aliphatic heterocycles. The number of allylic oxidation sites excluding steroid dienone is 1. The minimum atomic E-state index is -0.456. The quantitative estimate of drug-likeness (QED) is 0.130. The minimum absolute atomic E-state index is 0.0119. The van der Waals surface area contributed by atoms with Gasteiger partial charge in [0.15, 0.2) is 23.0 Å². The summed E-state index contributed by atoms with van der Waals surface area (Å²) in [4.78, 5) is 10.5. The van der Waals surface area contributed by atoms with Gasteiger partial charge in [0.05, 0.1) is 33.4 Å². The molecule has 0 saturated heterocycles. The van der Waals surface area contributed by atoms with E-state index >= 15 is 0 Å². The van der Waals surface area contributed by atoms with Crippen LogP contribution in [0.15, 0.2) is 66.1 Å². The van der Waals surface area contributed by atoms with Gasteiger partial charge in [-0.05, 0) is 60.4 Å². The van der Waals surface area contributed by atoms with Crippen LogP contribution in [0.5, 0.6) is 34.5 Å². The van der Waals surface area contributed by atoms with Crippen LogP contribution in [0.4, 0.5) is 5.69 Å². The number of nitrogens with zero attached hydrogens (tertiary/aromatic N) is 1. The Morgan fingerprint density at radius 1 is 0.730 bits per heavy atom. The Hall–Kier alpha value is -4.66. The number of benzene rings is 3. The van der Waals surface area contributed by atoms with E-state index in [-0.39, 0.29) is 5.69 Å². The number of ether oxygens (including phenoxy) is 6. The van der Waals surface area contributed by atoms with Crippen LogP contribution in [-0.4, -0.2) is 33.4 Å². The summed E-state index contributed by atoms with van der Waals surface area (Å²) >= 11 is 0. The maximum Gasteiger partial charge on any atom is 0.289 e. The number of nitro groups is 1. The predicted molar refractivity (Wildman–Crippen MR) is 139 cm³/mol. The second-order valence-corrected chi connectivity index (χ2v) is 8.05. The summed E-state index contributed by atoms with van der Waals surface area (Å²) in [5.41, 5.74) is 2.72. The van der Waals surface area contributed by atoms with Gasteiger partial charge in [0.1, 0.15) is 5.75 Å². The summed E-state index contributed by atoms with van der Waals surface area (Å²) in [5, 5.41) is 10.9. The summed E-state index contributed by atoms with van der Waals surface area (Å²) in [6.45, 7) is 0. The number of rotatable bonds is 11. The lowest BCUT2D eigenvalue weighted by molar-refractivity contribution is -0.384. The van der Waals surface area contributed by atoms with Gasteiger partial charge in [-0.25, -0.2) is 0 Å². The average Bonchev–Trinajstić information content (AvgIpc) is 3.77. The first-order chi connectivity index (χ1) is 17.9. The Labute approximate surface area is 214 Å². The first-order valence-corrected chi connectivity index (χ1v) is 11.4. The molecule has 0 N–H and O–H groups in total. The Morgan fingerprint density at radius 2 is 1.32 bits per heavy atom. The second-order valence-electron chi connectivity index (χ2n) is 8.05. The molecular formula is C28H27NO8. The highest BCUT2D eigenvalue weighted by atomic mass is 16.7. The molecule has 0 aromatic heterocycles. The lowest BCUT2D eigenvalue weighted by atomic mass is 10.1. The maximum absolute atomic E-state index is 10.9. The van der Waals surface area contributed by atoms with E-state index in [0.717, 1.165) is 29.5 Å². The molecule has 1 saturated carbocycles. The van der Waals surface area contributed by atoms with E-state index < -0.39 is 4.92 Å². The summed E-state index contributed by atoms with van der Waals surface area (Å²) in [6, 6.07) is 15.1. The molecule has 0 unspecified atom stereocenters. The van der Waals surface area contributed by atoms with Gasteiger partial charge >= 0.3 is 0 Å². The van der Waals surface area contributed by atoms with Gasteiger partial charge in [-0.15, -0.1) is 0 Å². The number of nitro benzene ring substituents is 1. The Kier molecular flexibility index (Phi) is 7.83. The van der Waals surface area contributed by atoms with Gasteiger partial charge in [-0.2, -0.15) is 0 Å². The number of hydrogen-bond acceptors (Lipinski definition) is 8. The van der Waals surface area contributed by atoms with Crippen molar-refractivity contribution in [1.82, 2.24) is 0 Å². The smallest absolute Gasteiger partial charge is 0.289 e. The first-order valence-electron chi connectivity index (χ1n) is 11.4. The summed E-state index contributed by atoms with van der Waals surface area (Å²) in [7, 11) is 6.27. The van der Waals surface area contributed by atoms with Gasteiger partial charge in [-0.1, -0.05) is 18.2 Å². The maximum atomic E-state index is 10.9. The van der Waals surface area contributed by atoms with E-state index in [4.69, 9.17) is 28.4 Å². The molecule has 192 valence electrons. The van der Waals surface area contributed by atoms with Crippen molar-refractivity contribution in [3.8, 4) is 34.5 Å². The molecule has 0 radical (unpaired) electrons. The first kappa shape index (κ1) is 25.4. The van der Waals surface area contributed by atoms with Gasteiger partial charge < -0.3 is 28.4 Å². The third kappa shape index (κ3) is 6.13. The van der Waals surface area contributed by atoms with Crippen molar-refractivity contribution in [2.45, 2.75) is 12.8 Å². The van der Waals surface area contributed by atoms with E-state index in [1.807, 2.05) is 42.5 Å². The topological polar surface area (TPSA) is 98.5 Å². The third-order valence-corrected chi connectivity index (χ3v) is 5.59. The van der Waals surface area contributed by atoms with Gasteiger partial charge in [0.25, 0.3) is 11.6 Å². The summed E-state index contributed by atoms with van der Waals surface area (Å²) in [5.74, 6) is 3.45. The summed E-state index contributed by atoms with van der Waals surface area (Å²) in [6.07, 6.45) is 5.55. The third-order valence-electron chi connectivity index (χ3n) is 5.59. The second kappa shape index (κ2) is 11.4. The standard InChI is InChI=1S/C28H27NO8/c1-32-23-14-7-18(5-6-19-16-25(33-2)27(35-4)26(17-19)34-3)15-24(23)37-28(20-8-9-20)36-22-12-10-21(11-13-22)29(30)31/h5-7,10-17H,8-9H2,1-4H3/b6-5-. The zero-order valence-electron chi connectivity index (χ0n) is 21.0. The Balaban J connectivity index is 1.57. The van der Waals surface area contributed by atoms with Crippen LogP contribution in [0, 0.1) is 10.1 Å². The zero-order valence-corrected chi connectivity index (χ0v) is 21.0. The average molecular weight is 506 g/mol. The van der Waals surface area contributed by atoms with Crippen molar-refractivity contribution in [2.24, 2.45) is 0 Å². The molecule has 4 rings (SSSR count). The SMILES string of the molecule is COc1ccc(/C=C\c2cc(OC)c(OC)c(OC)c2)cc1OC(Oc1ccc([N+](=O)[O-])cc1)=C1CC1. The molecule has 9 heteroatoms. The fourth-order valence-corrected chi connectivity index (χ4v) is 3.54. The molecule has 1 fully saturated rings. The summed E-state index contributed by atoms with van der Waals surface area (Å²) < 4.78 is 33.8. The molecule has 37 heavy (non-hydrogen) atoms. The van der Waals surface area contributed by atoms with Gasteiger partial charge in [-0.3, -0.25) is 10.1 Å². The highest BCUT2D eigenvalue weighted by Gasteiger charge is 2.24. The molecule has 0 atom stereocenters. The van der Waals surface area contributed by atoms with Gasteiger partial charge in [0, 0.05) is 17.7 Å². The lowest BCUT2D eigenvalue weighted by Gasteiger charge is -2.14. The van der Waals surface area contributed by atoms with Crippen LogP contribution in [0.3, 0.4) is 0 Å². The predicted octanol–water partition coefficient (Wildman–Crippen LogP) is 6.26. The minimum Gasteiger partial charge on any atom is -0.493 e. The van der Waals surface area contributed by atoms with E-state index in [9.17, 15) is 10.1 Å². The van der Waals surface area contributed by atoms with Crippen molar-refractivity contribution < 1.29 is 33.3 Å². The molecule has 3 aromatic rings. The van der Waals surface area contributed by atoms with E-state index in [2.05, 4.69) is 0 Å². The molecule has 1 aliphatic rings. The van der Waals surface area contributed by atoms with Crippen LogP contribution in [0.25, 0.3) is 12.2 Å². The van der Waals surface area contributed by atoms with Crippen LogP contribution in [-0.2, 0) is 0 Å². The fraction of sp³-hybridized carbons (Fsp3) is 0.214. The van der Waals surface area contributed by atoms with Crippen LogP contribution in [0.2, 0.25) is 0 Å². The molecule has 0 bridgehead atoms. The van der Waals surface area contributed by atoms with Crippen LogP contribution >= 0.6 is 0 Å². The monoisotopic (exact) mass is 505 g/mol. The Bertz CT molecular complexity index is 1310. The van der Waals surface area contributed by atoms with Gasteiger partial charge in [0.2, 0.25) is 5.75 Å². The molecule has 0 amide bonds. The molecular weight excluding hydrogens is 478 g/mol. The highest BCUT2D eigenvalue weighted by molar-refractivity contribution is 5.73. The molecule has 9 nitrogen and oxygen atoms in total. The van der Waals surface area contributed by atoms with Crippen LogP contribution in [0.1, 0.15) is 24.0 Å².